The normalized spacial score (nSPS) is 16.7. The van der Waals surface area contributed by atoms with Crippen molar-refractivity contribution in [2.75, 3.05) is 18.6 Å². The lowest BCUT2D eigenvalue weighted by atomic mass is 10.1. The molecule has 3 rings (SSSR count). The average molecular weight is 373 g/mol. The fraction of sp³-hybridized carbons (Fsp3) is 0.300. The summed E-state index contributed by atoms with van der Waals surface area (Å²) in [5.41, 5.74) is 2.71. The molecule has 1 saturated heterocycles. The number of hydrogen-bond donors (Lipinski definition) is 1. The van der Waals surface area contributed by atoms with E-state index in [9.17, 15) is 9.59 Å². The van der Waals surface area contributed by atoms with Gasteiger partial charge < -0.3 is 15.0 Å². The fourth-order valence-corrected chi connectivity index (χ4v) is 3.34. The molecule has 0 spiro atoms. The molecule has 1 aliphatic heterocycles. The topological polar surface area (TPSA) is 58.6 Å². The van der Waals surface area contributed by atoms with E-state index in [-0.39, 0.29) is 24.2 Å². The predicted octanol–water partition coefficient (Wildman–Crippen LogP) is 3.33. The molecule has 0 bridgehead atoms. The van der Waals surface area contributed by atoms with E-state index in [4.69, 9.17) is 16.3 Å². The van der Waals surface area contributed by atoms with Gasteiger partial charge in [0.05, 0.1) is 13.0 Å². The Balaban J connectivity index is 1.61. The third-order valence-electron chi connectivity index (χ3n) is 4.57. The third-order valence-corrected chi connectivity index (χ3v) is 4.81. The van der Waals surface area contributed by atoms with E-state index in [0.29, 0.717) is 18.1 Å². The van der Waals surface area contributed by atoms with Gasteiger partial charge in [-0.15, -0.1) is 0 Å². The van der Waals surface area contributed by atoms with Crippen LogP contribution in [0.25, 0.3) is 0 Å². The molecule has 1 atom stereocenters. The molecule has 2 aromatic rings. The first-order valence-electron chi connectivity index (χ1n) is 8.45. The van der Waals surface area contributed by atoms with Gasteiger partial charge in [-0.05, 0) is 48.4 Å². The first-order chi connectivity index (χ1) is 12.5. The number of anilines is 1. The van der Waals surface area contributed by atoms with Crippen LogP contribution in [-0.2, 0) is 16.1 Å². The monoisotopic (exact) mass is 372 g/mol. The van der Waals surface area contributed by atoms with Crippen molar-refractivity contribution in [3.8, 4) is 5.75 Å². The van der Waals surface area contributed by atoms with E-state index in [1.165, 1.54) is 0 Å². The van der Waals surface area contributed by atoms with E-state index in [1.54, 1.807) is 18.1 Å². The molecule has 1 fully saturated rings. The van der Waals surface area contributed by atoms with Crippen molar-refractivity contribution in [1.82, 2.24) is 5.32 Å². The highest BCUT2D eigenvalue weighted by Crippen LogP contribution is 2.29. The van der Waals surface area contributed by atoms with Crippen molar-refractivity contribution in [3.63, 3.8) is 0 Å². The summed E-state index contributed by atoms with van der Waals surface area (Å²) in [5.74, 6) is 0.273. The lowest BCUT2D eigenvalue weighted by Crippen LogP contribution is -2.32. The molecule has 1 N–H and O–H groups in total. The maximum atomic E-state index is 12.5. The van der Waals surface area contributed by atoms with Gasteiger partial charge in [-0.3, -0.25) is 9.59 Å². The van der Waals surface area contributed by atoms with Gasteiger partial charge in [-0.2, -0.15) is 0 Å². The number of carbonyl (C=O) groups excluding carboxylic acids is 2. The zero-order valence-corrected chi connectivity index (χ0v) is 15.5. The lowest BCUT2D eigenvalue weighted by molar-refractivity contribution is -0.126. The van der Waals surface area contributed by atoms with Crippen LogP contribution in [0.15, 0.2) is 42.5 Å². The van der Waals surface area contributed by atoms with Crippen molar-refractivity contribution in [2.45, 2.75) is 19.9 Å². The highest BCUT2D eigenvalue weighted by molar-refractivity contribution is 6.30. The smallest absolute Gasteiger partial charge is 0.227 e. The van der Waals surface area contributed by atoms with Gasteiger partial charge in [0.2, 0.25) is 11.8 Å². The second kappa shape index (κ2) is 7.79. The molecule has 0 radical (unpaired) electrons. The maximum absolute atomic E-state index is 12.5. The minimum Gasteiger partial charge on any atom is -0.497 e. The first kappa shape index (κ1) is 18.3. The number of ether oxygens (including phenoxy) is 1. The molecule has 6 heteroatoms. The summed E-state index contributed by atoms with van der Waals surface area (Å²) in [4.78, 5) is 26.5. The zero-order chi connectivity index (χ0) is 18.7. The number of halogens is 1. The SMILES string of the molecule is COc1ccc(CNC(=O)C2CC(=O)N(c3ccc(Cl)cc3C)C2)cc1. The quantitative estimate of drug-likeness (QED) is 0.875. The van der Waals surface area contributed by atoms with Crippen molar-refractivity contribution >= 4 is 29.1 Å². The molecule has 1 heterocycles. The lowest BCUT2D eigenvalue weighted by Gasteiger charge is -2.19. The van der Waals surface area contributed by atoms with Crippen LogP contribution in [0, 0.1) is 12.8 Å². The molecular formula is C20H21ClN2O3. The highest BCUT2D eigenvalue weighted by atomic mass is 35.5. The molecule has 5 nitrogen and oxygen atoms in total. The second-order valence-electron chi connectivity index (χ2n) is 6.40. The molecular weight excluding hydrogens is 352 g/mol. The molecule has 26 heavy (non-hydrogen) atoms. The molecule has 1 aliphatic rings. The average Bonchev–Trinajstić information content (AvgIpc) is 3.02. The number of hydrogen-bond acceptors (Lipinski definition) is 3. The highest BCUT2D eigenvalue weighted by Gasteiger charge is 2.35. The standard InChI is InChI=1S/C20H21ClN2O3/c1-13-9-16(21)5-8-18(13)23-12-15(10-19(23)24)20(25)22-11-14-3-6-17(26-2)7-4-14/h3-9,15H,10-12H2,1-2H3,(H,22,25). The number of rotatable bonds is 5. The number of aryl methyl sites for hydroxylation is 1. The Morgan fingerprint density at radius 2 is 2.00 bits per heavy atom. The summed E-state index contributed by atoms with van der Waals surface area (Å²) in [6, 6.07) is 12.9. The molecule has 0 saturated carbocycles. The van der Waals surface area contributed by atoms with E-state index in [2.05, 4.69) is 5.32 Å². The van der Waals surface area contributed by atoms with Gasteiger partial charge in [-0.25, -0.2) is 0 Å². The third kappa shape index (κ3) is 3.99. The summed E-state index contributed by atoms with van der Waals surface area (Å²) >= 11 is 5.98. The summed E-state index contributed by atoms with van der Waals surface area (Å²) in [6.45, 7) is 2.72. The van der Waals surface area contributed by atoms with Crippen molar-refractivity contribution < 1.29 is 14.3 Å². The summed E-state index contributed by atoms with van der Waals surface area (Å²) in [6.07, 6.45) is 0.219. The Morgan fingerprint density at radius 3 is 2.65 bits per heavy atom. The van der Waals surface area contributed by atoms with Gasteiger partial charge >= 0.3 is 0 Å². The second-order valence-corrected chi connectivity index (χ2v) is 6.84. The summed E-state index contributed by atoms with van der Waals surface area (Å²) in [7, 11) is 1.61. The molecule has 2 aromatic carbocycles. The molecule has 1 unspecified atom stereocenters. The van der Waals surface area contributed by atoms with Crippen molar-refractivity contribution in [1.29, 1.82) is 0 Å². The van der Waals surface area contributed by atoms with Crippen LogP contribution < -0.4 is 15.0 Å². The molecule has 2 amide bonds. The van der Waals surface area contributed by atoms with E-state index >= 15 is 0 Å². The largest absolute Gasteiger partial charge is 0.497 e. The number of carbonyl (C=O) groups is 2. The fourth-order valence-electron chi connectivity index (χ4n) is 3.11. The van der Waals surface area contributed by atoms with Crippen molar-refractivity contribution in [2.24, 2.45) is 5.92 Å². The zero-order valence-electron chi connectivity index (χ0n) is 14.8. The molecule has 0 aliphatic carbocycles. The Hall–Kier alpha value is -2.53. The van der Waals surface area contributed by atoms with E-state index in [1.807, 2.05) is 43.3 Å². The Kier molecular flexibility index (Phi) is 5.47. The van der Waals surface area contributed by atoms with Gasteiger partial charge in [0.15, 0.2) is 0 Å². The minimum absolute atomic E-state index is 0.0416. The van der Waals surface area contributed by atoms with Gasteiger partial charge in [0.25, 0.3) is 0 Å². The van der Waals surface area contributed by atoms with Crippen LogP contribution in [0.5, 0.6) is 5.75 Å². The molecule has 136 valence electrons. The minimum atomic E-state index is -0.351. The number of nitrogens with one attached hydrogen (secondary N) is 1. The van der Waals surface area contributed by atoms with Crippen LogP contribution in [0.4, 0.5) is 5.69 Å². The number of amides is 2. The van der Waals surface area contributed by atoms with E-state index in [0.717, 1.165) is 22.6 Å². The first-order valence-corrected chi connectivity index (χ1v) is 8.83. The Labute approximate surface area is 157 Å². The van der Waals surface area contributed by atoms with E-state index < -0.39 is 0 Å². The Bertz CT molecular complexity index is 820. The van der Waals surface area contributed by atoms with Gasteiger partial charge in [0.1, 0.15) is 5.75 Å². The summed E-state index contributed by atoms with van der Waals surface area (Å²) < 4.78 is 5.12. The number of methoxy groups -OCH3 is 1. The van der Waals surface area contributed by atoms with Crippen LogP contribution in [0.3, 0.4) is 0 Å². The van der Waals surface area contributed by atoms with Crippen LogP contribution in [0.2, 0.25) is 5.02 Å². The molecule has 0 aromatic heterocycles. The maximum Gasteiger partial charge on any atom is 0.227 e. The number of nitrogens with zero attached hydrogens (tertiary/aromatic N) is 1. The predicted molar refractivity (Wildman–Crippen MR) is 101 cm³/mol. The van der Waals surface area contributed by atoms with Crippen LogP contribution >= 0.6 is 11.6 Å². The van der Waals surface area contributed by atoms with Crippen LogP contribution in [0.1, 0.15) is 17.5 Å². The Morgan fingerprint density at radius 1 is 1.27 bits per heavy atom. The van der Waals surface area contributed by atoms with Gasteiger partial charge in [-0.1, -0.05) is 23.7 Å². The van der Waals surface area contributed by atoms with Crippen molar-refractivity contribution in [3.05, 3.63) is 58.6 Å². The van der Waals surface area contributed by atoms with Gasteiger partial charge in [0, 0.05) is 30.2 Å². The van der Waals surface area contributed by atoms with Crippen LogP contribution in [-0.4, -0.2) is 25.5 Å². The number of benzene rings is 2. The summed E-state index contributed by atoms with van der Waals surface area (Å²) in [5, 5.41) is 3.55.